The highest BCUT2D eigenvalue weighted by molar-refractivity contribution is 5.74. The monoisotopic (exact) mass is 204 g/mol. The first-order valence-corrected chi connectivity index (χ1v) is 5.57. The first-order chi connectivity index (χ1) is 7.38. The lowest BCUT2D eigenvalue weighted by Gasteiger charge is -2.34. The SMILES string of the molecule is COc1ccc2c(c1)NCC1CCCN21. The van der Waals surface area contributed by atoms with Crippen molar-refractivity contribution in [3.05, 3.63) is 18.2 Å². The summed E-state index contributed by atoms with van der Waals surface area (Å²) >= 11 is 0. The van der Waals surface area contributed by atoms with Crippen LogP contribution in [0.3, 0.4) is 0 Å². The van der Waals surface area contributed by atoms with Crippen LogP contribution >= 0.6 is 0 Å². The van der Waals surface area contributed by atoms with Gasteiger partial charge in [0.05, 0.1) is 18.5 Å². The fourth-order valence-corrected chi connectivity index (χ4v) is 2.63. The third kappa shape index (κ3) is 1.34. The largest absolute Gasteiger partial charge is 0.497 e. The van der Waals surface area contributed by atoms with E-state index in [2.05, 4.69) is 22.3 Å². The van der Waals surface area contributed by atoms with Gasteiger partial charge in [0.15, 0.2) is 0 Å². The van der Waals surface area contributed by atoms with Crippen molar-refractivity contribution >= 4 is 11.4 Å². The zero-order valence-electron chi connectivity index (χ0n) is 8.99. The van der Waals surface area contributed by atoms with Crippen LogP contribution in [0.5, 0.6) is 5.75 Å². The Morgan fingerprint density at radius 2 is 2.40 bits per heavy atom. The second-order valence-corrected chi connectivity index (χ2v) is 4.25. The molecule has 1 unspecified atom stereocenters. The minimum Gasteiger partial charge on any atom is -0.497 e. The van der Waals surface area contributed by atoms with Gasteiger partial charge in [-0.2, -0.15) is 0 Å². The van der Waals surface area contributed by atoms with Crippen LogP contribution in [-0.4, -0.2) is 26.2 Å². The summed E-state index contributed by atoms with van der Waals surface area (Å²) < 4.78 is 5.23. The number of hydrogen-bond acceptors (Lipinski definition) is 3. The van der Waals surface area contributed by atoms with Crippen molar-refractivity contribution in [2.24, 2.45) is 0 Å². The maximum absolute atomic E-state index is 5.23. The van der Waals surface area contributed by atoms with Crippen molar-refractivity contribution < 1.29 is 4.74 Å². The molecular formula is C12H16N2O. The molecule has 2 aliphatic rings. The number of ether oxygens (including phenoxy) is 1. The Hall–Kier alpha value is -1.38. The Bertz CT molecular complexity index is 378. The van der Waals surface area contributed by atoms with Crippen molar-refractivity contribution in [2.45, 2.75) is 18.9 Å². The molecule has 0 saturated carbocycles. The number of nitrogens with one attached hydrogen (secondary N) is 1. The van der Waals surface area contributed by atoms with E-state index in [4.69, 9.17) is 4.74 Å². The lowest BCUT2D eigenvalue weighted by atomic mass is 10.1. The van der Waals surface area contributed by atoms with Crippen LogP contribution in [-0.2, 0) is 0 Å². The quantitative estimate of drug-likeness (QED) is 0.758. The van der Waals surface area contributed by atoms with E-state index in [1.54, 1.807) is 7.11 Å². The van der Waals surface area contributed by atoms with Gasteiger partial charge in [0.25, 0.3) is 0 Å². The van der Waals surface area contributed by atoms with Gasteiger partial charge in [-0.05, 0) is 25.0 Å². The van der Waals surface area contributed by atoms with Crippen LogP contribution in [0.25, 0.3) is 0 Å². The maximum atomic E-state index is 5.23. The van der Waals surface area contributed by atoms with Gasteiger partial charge in [-0.15, -0.1) is 0 Å². The summed E-state index contributed by atoms with van der Waals surface area (Å²) in [4.78, 5) is 2.52. The molecule has 0 radical (unpaired) electrons. The van der Waals surface area contributed by atoms with Gasteiger partial charge in [-0.1, -0.05) is 0 Å². The van der Waals surface area contributed by atoms with Crippen LogP contribution in [0.1, 0.15) is 12.8 Å². The van der Waals surface area contributed by atoms with Crippen LogP contribution in [0, 0.1) is 0 Å². The van der Waals surface area contributed by atoms with E-state index < -0.39 is 0 Å². The molecule has 1 saturated heterocycles. The molecule has 0 amide bonds. The number of rotatable bonds is 1. The number of hydrogen-bond donors (Lipinski definition) is 1. The molecule has 80 valence electrons. The molecule has 15 heavy (non-hydrogen) atoms. The second-order valence-electron chi connectivity index (χ2n) is 4.25. The standard InChI is InChI=1S/C12H16N2O/c1-15-10-4-5-12-11(7-10)13-8-9-3-2-6-14(9)12/h4-5,7,9,13H,2-3,6,8H2,1H3. The molecule has 1 atom stereocenters. The first kappa shape index (κ1) is 8.89. The molecule has 1 N–H and O–H groups in total. The molecule has 0 aromatic heterocycles. The molecule has 3 heteroatoms. The van der Waals surface area contributed by atoms with Crippen molar-refractivity contribution in [3.63, 3.8) is 0 Å². The number of anilines is 2. The molecule has 0 bridgehead atoms. The van der Waals surface area contributed by atoms with E-state index in [-0.39, 0.29) is 0 Å². The third-order valence-electron chi connectivity index (χ3n) is 3.42. The van der Waals surface area contributed by atoms with Crippen LogP contribution in [0.2, 0.25) is 0 Å². The molecule has 2 heterocycles. The average Bonchev–Trinajstić information content (AvgIpc) is 2.76. The minimum atomic E-state index is 0.700. The molecule has 1 aromatic rings. The van der Waals surface area contributed by atoms with E-state index in [9.17, 15) is 0 Å². The minimum absolute atomic E-state index is 0.700. The normalized spacial score (nSPS) is 23.0. The predicted molar refractivity (Wildman–Crippen MR) is 61.9 cm³/mol. The molecule has 3 nitrogen and oxygen atoms in total. The summed E-state index contributed by atoms with van der Waals surface area (Å²) in [5, 5.41) is 3.49. The smallest absolute Gasteiger partial charge is 0.121 e. The van der Waals surface area contributed by atoms with Crippen molar-refractivity contribution in [1.29, 1.82) is 0 Å². The number of methoxy groups -OCH3 is 1. The Labute approximate surface area is 90.0 Å². The summed E-state index contributed by atoms with van der Waals surface area (Å²) in [6, 6.07) is 7.00. The van der Waals surface area contributed by atoms with Gasteiger partial charge in [0.1, 0.15) is 5.75 Å². The Kier molecular flexibility index (Phi) is 1.97. The summed E-state index contributed by atoms with van der Waals surface area (Å²) in [7, 11) is 1.71. The number of nitrogens with zero attached hydrogens (tertiary/aromatic N) is 1. The van der Waals surface area contributed by atoms with Gasteiger partial charge in [-0.25, -0.2) is 0 Å². The average molecular weight is 204 g/mol. The topological polar surface area (TPSA) is 24.5 Å². The molecule has 2 aliphatic heterocycles. The van der Waals surface area contributed by atoms with Gasteiger partial charge < -0.3 is 15.0 Å². The molecule has 0 spiro atoms. The van der Waals surface area contributed by atoms with Crippen molar-refractivity contribution in [2.75, 3.05) is 30.4 Å². The Morgan fingerprint density at radius 3 is 3.27 bits per heavy atom. The lowest BCUT2D eigenvalue weighted by Crippen LogP contribution is -2.39. The third-order valence-corrected chi connectivity index (χ3v) is 3.42. The van der Waals surface area contributed by atoms with E-state index >= 15 is 0 Å². The van der Waals surface area contributed by atoms with Gasteiger partial charge in [0, 0.05) is 25.2 Å². The first-order valence-electron chi connectivity index (χ1n) is 5.57. The van der Waals surface area contributed by atoms with Gasteiger partial charge >= 0.3 is 0 Å². The predicted octanol–water partition coefficient (Wildman–Crippen LogP) is 2.09. The van der Waals surface area contributed by atoms with Crippen molar-refractivity contribution in [3.8, 4) is 5.75 Å². The van der Waals surface area contributed by atoms with E-state index in [1.807, 2.05) is 6.07 Å². The number of fused-ring (bicyclic) bond motifs is 3. The molecule has 3 rings (SSSR count). The van der Waals surface area contributed by atoms with Gasteiger partial charge in [-0.3, -0.25) is 0 Å². The molecule has 0 aliphatic carbocycles. The fraction of sp³-hybridized carbons (Fsp3) is 0.500. The molecular weight excluding hydrogens is 188 g/mol. The van der Waals surface area contributed by atoms with E-state index in [1.165, 1.54) is 30.8 Å². The zero-order chi connectivity index (χ0) is 10.3. The van der Waals surface area contributed by atoms with E-state index in [0.717, 1.165) is 12.3 Å². The maximum Gasteiger partial charge on any atom is 0.121 e. The highest BCUT2D eigenvalue weighted by atomic mass is 16.5. The Balaban J connectivity index is 2.00. The van der Waals surface area contributed by atoms with Crippen LogP contribution in [0.15, 0.2) is 18.2 Å². The summed E-state index contributed by atoms with van der Waals surface area (Å²) in [5.41, 5.74) is 2.55. The van der Waals surface area contributed by atoms with Crippen LogP contribution < -0.4 is 15.0 Å². The molecule has 1 fully saturated rings. The fourth-order valence-electron chi connectivity index (χ4n) is 2.63. The highest BCUT2D eigenvalue weighted by Gasteiger charge is 2.29. The van der Waals surface area contributed by atoms with E-state index in [0.29, 0.717) is 6.04 Å². The number of benzene rings is 1. The summed E-state index contributed by atoms with van der Waals surface area (Å²) in [5.74, 6) is 0.930. The van der Waals surface area contributed by atoms with Gasteiger partial charge in [0.2, 0.25) is 0 Å². The second kappa shape index (κ2) is 3.33. The highest BCUT2D eigenvalue weighted by Crippen LogP contribution is 2.37. The van der Waals surface area contributed by atoms with Crippen LogP contribution in [0.4, 0.5) is 11.4 Å². The van der Waals surface area contributed by atoms with Crippen molar-refractivity contribution in [1.82, 2.24) is 0 Å². The lowest BCUT2D eigenvalue weighted by molar-refractivity contribution is 0.415. The zero-order valence-corrected chi connectivity index (χ0v) is 8.99. The summed E-state index contributed by atoms with van der Waals surface area (Å²) in [6.07, 6.45) is 2.64. The molecule has 1 aromatic carbocycles. The summed E-state index contributed by atoms with van der Waals surface area (Å²) in [6.45, 7) is 2.27. The Morgan fingerprint density at radius 1 is 1.47 bits per heavy atom.